The van der Waals surface area contributed by atoms with Gasteiger partial charge in [0, 0.05) is 29.3 Å². The molecule has 0 radical (unpaired) electrons. The molecule has 0 spiro atoms. The maximum absolute atomic E-state index is 12.6. The number of halogens is 1. The van der Waals surface area contributed by atoms with Crippen LogP contribution in [-0.2, 0) is 10.0 Å². The second-order valence-electron chi connectivity index (χ2n) is 5.28. The van der Waals surface area contributed by atoms with E-state index in [0.717, 1.165) is 12.8 Å². The van der Waals surface area contributed by atoms with Crippen molar-refractivity contribution in [2.24, 2.45) is 0 Å². The van der Waals surface area contributed by atoms with Crippen molar-refractivity contribution < 1.29 is 8.42 Å². The minimum Gasteiger partial charge on any atom is -0.398 e. The van der Waals surface area contributed by atoms with Crippen LogP contribution in [0.1, 0.15) is 12.8 Å². The lowest BCUT2D eigenvalue weighted by Crippen LogP contribution is -2.44. The van der Waals surface area contributed by atoms with E-state index in [1.807, 2.05) is 14.1 Å². The van der Waals surface area contributed by atoms with Crippen LogP contribution >= 0.6 is 15.9 Å². The normalized spacial score (nSPS) is 18.6. The zero-order chi connectivity index (χ0) is 14.9. The summed E-state index contributed by atoms with van der Waals surface area (Å²) in [5, 5.41) is 0. The monoisotopic (exact) mass is 361 g/mol. The van der Waals surface area contributed by atoms with Gasteiger partial charge in [-0.15, -0.1) is 0 Å². The first-order valence-electron chi connectivity index (χ1n) is 6.54. The Balaban J connectivity index is 2.17. The lowest BCUT2D eigenvalue weighted by Gasteiger charge is -2.34. The van der Waals surface area contributed by atoms with Crippen molar-refractivity contribution in [1.29, 1.82) is 0 Å². The molecule has 1 aromatic carbocycles. The SMILES string of the molecule is CN(C)C1CCN(S(=O)(=O)c2ccc(Br)c(N)c2)CC1. The molecule has 2 rings (SSSR count). The Labute approximate surface area is 128 Å². The molecular formula is C13H20BrN3O2S. The Morgan fingerprint density at radius 2 is 1.90 bits per heavy atom. The molecule has 0 saturated carbocycles. The van der Waals surface area contributed by atoms with E-state index < -0.39 is 10.0 Å². The van der Waals surface area contributed by atoms with Crippen LogP contribution in [0.25, 0.3) is 0 Å². The molecule has 112 valence electrons. The number of nitrogens with zero attached hydrogens (tertiary/aromatic N) is 2. The van der Waals surface area contributed by atoms with E-state index in [0.29, 0.717) is 29.3 Å². The van der Waals surface area contributed by atoms with Crippen molar-refractivity contribution in [1.82, 2.24) is 9.21 Å². The van der Waals surface area contributed by atoms with Gasteiger partial charge in [-0.05, 0) is 61.1 Å². The van der Waals surface area contributed by atoms with Gasteiger partial charge in [0.2, 0.25) is 10.0 Å². The molecule has 1 heterocycles. The summed E-state index contributed by atoms with van der Waals surface area (Å²) >= 11 is 3.28. The fraction of sp³-hybridized carbons (Fsp3) is 0.538. The van der Waals surface area contributed by atoms with Crippen LogP contribution in [-0.4, -0.2) is 50.8 Å². The maximum Gasteiger partial charge on any atom is 0.243 e. The van der Waals surface area contributed by atoms with Crippen molar-refractivity contribution >= 4 is 31.6 Å². The third-order valence-corrected chi connectivity index (χ3v) is 6.38. The van der Waals surface area contributed by atoms with Crippen LogP contribution in [0.2, 0.25) is 0 Å². The van der Waals surface area contributed by atoms with Gasteiger partial charge in [-0.25, -0.2) is 8.42 Å². The molecule has 20 heavy (non-hydrogen) atoms. The van der Waals surface area contributed by atoms with Crippen LogP contribution < -0.4 is 5.73 Å². The molecule has 2 N–H and O–H groups in total. The number of anilines is 1. The summed E-state index contributed by atoms with van der Waals surface area (Å²) in [5.41, 5.74) is 6.21. The average Bonchev–Trinajstić information content (AvgIpc) is 2.41. The van der Waals surface area contributed by atoms with E-state index in [9.17, 15) is 8.42 Å². The minimum atomic E-state index is -3.44. The van der Waals surface area contributed by atoms with Gasteiger partial charge in [0.25, 0.3) is 0 Å². The lowest BCUT2D eigenvalue weighted by atomic mass is 10.1. The molecule has 0 bridgehead atoms. The highest BCUT2D eigenvalue weighted by atomic mass is 79.9. The van der Waals surface area contributed by atoms with Gasteiger partial charge < -0.3 is 10.6 Å². The van der Waals surface area contributed by atoms with Crippen molar-refractivity contribution in [2.75, 3.05) is 32.9 Å². The van der Waals surface area contributed by atoms with Gasteiger partial charge in [0.1, 0.15) is 0 Å². The van der Waals surface area contributed by atoms with Crippen LogP contribution in [0.4, 0.5) is 5.69 Å². The second-order valence-corrected chi connectivity index (χ2v) is 8.07. The maximum atomic E-state index is 12.6. The molecule has 0 aliphatic carbocycles. The van der Waals surface area contributed by atoms with Crippen LogP contribution in [0.15, 0.2) is 27.6 Å². The summed E-state index contributed by atoms with van der Waals surface area (Å²) in [7, 11) is 0.628. The Bertz CT molecular complexity index is 581. The highest BCUT2D eigenvalue weighted by Crippen LogP contribution is 2.27. The summed E-state index contributed by atoms with van der Waals surface area (Å²) < 4.78 is 27.4. The smallest absolute Gasteiger partial charge is 0.243 e. The fourth-order valence-corrected chi connectivity index (χ4v) is 4.18. The molecule has 0 aromatic heterocycles. The van der Waals surface area contributed by atoms with Gasteiger partial charge in [0.15, 0.2) is 0 Å². The molecule has 0 amide bonds. The second kappa shape index (κ2) is 6.01. The standard InChI is InChI=1S/C13H20BrN3O2S/c1-16(2)10-5-7-17(8-6-10)20(18,19)11-3-4-12(14)13(15)9-11/h3-4,9-10H,5-8,15H2,1-2H3. The molecule has 5 nitrogen and oxygen atoms in total. The van der Waals surface area contributed by atoms with Crippen LogP contribution in [0, 0.1) is 0 Å². The summed E-state index contributed by atoms with van der Waals surface area (Å²) in [6.07, 6.45) is 1.72. The van der Waals surface area contributed by atoms with Crippen molar-refractivity contribution in [3.05, 3.63) is 22.7 Å². The predicted molar refractivity (Wildman–Crippen MR) is 84.0 cm³/mol. The van der Waals surface area contributed by atoms with E-state index in [1.165, 1.54) is 6.07 Å². The molecule has 1 aromatic rings. The molecule has 1 aliphatic rings. The number of sulfonamides is 1. The first-order chi connectivity index (χ1) is 9.32. The van der Waals surface area contributed by atoms with Crippen LogP contribution in [0.5, 0.6) is 0 Å². The number of hydrogen-bond acceptors (Lipinski definition) is 4. The summed E-state index contributed by atoms with van der Waals surface area (Å²) in [6, 6.07) is 5.23. The van der Waals surface area contributed by atoms with Gasteiger partial charge >= 0.3 is 0 Å². The molecule has 1 aliphatic heterocycles. The summed E-state index contributed by atoms with van der Waals surface area (Å²) in [5.74, 6) is 0. The molecule has 1 fully saturated rings. The Morgan fingerprint density at radius 3 is 2.40 bits per heavy atom. The quantitative estimate of drug-likeness (QED) is 0.832. The Hall–Kier alpha value is -0.630. The van der Waals surface area contributed by atoms with Gasteiger partial charge in [-0.3, -0.25) is 0 Å². The van der Waals surface area contributed by atoms with Crippen molar-refractivity contribution in [3.8, 4) is 0 Å². The zero-order valence-electron chi connectivity index (χ0n) is 11.7. The molecule has 7 heteroatoms. The van der Waals surface area contributed by atoms with E-state index in [1.54, 1.807) is 16.4 Å². The number of nitrogens with two attached hydrogens (primary N) is 1. The number of piperidine rings is 1. The minimum absolute atomic E-state index is 0.265. The van der Waals surface area contributed by atoms with Crippen molar-refractivity contribution in [3.63, 3.8) is 0 Å². The van der Waals surface area contributed by atoms with Gasteiger partial charge in [0.05, 0.1) is 4.90 Å². The fourth-order valence-electron chi connectivity index (χ4n) is 2.43. The van der Waals surface area contributed by atoms with Gasteiger partial charge in [-0.1, -0.05) is 0 Å². The van der Waals surface area contributed by atoms with E-state index in [-0.39, 0.29) is 4.90 Å². The zero-order valence-corrected chi connectivity index (χ0v) is 14.1. The third-order valence-electron chi connectivity index (χ3n) is 3.76. The molecular weight excluding hydrogens is 342 g/mol. The first kappa shape index (κ1) is 15.8. The van der Waals surface area contributed by atoms with E-state index in [4.69, 9.17) is 5.73 Å². The highest BCUT2D eigenvalue weighted by Gasteiger charge is 2.30. The Morgan fingerprint density at radius 1 is 1.30 bits per heavy atom. The van der Waals surface area contributed by atoms with Crippen LogP contribution in [0.3, 0.4) is 0 Å². The number of nitrogen functional groups attached to an aromatic ring is 1. The molecule has 1 saturated heterocycles. The van der Waals surface area contributed by atoms with Crippen molar-refractivity contribution in [2.45, 2.75) is 23.8 Å². The first-order valence-corrected chi connectivity index (χ1v) is 8.77. The lowest BCUT2D eigenvalue weighted by molar-refractivity contribution is 0.196. The molecule has 0 atom stereocenters. The summed E-state index contributed by atoms with van der Waals surface area (Å²) in [4.78, 5) is 2.42. The number of hydrogen-bond donors (Lipinski definition) is 1. The van der Waals surface area contributed by atoms with E-state index in [2.05, 4.69) is 20.8 Å². The average molecular weight is 362 g/mol. The number of rotatable bonds is 3. The molecule has 0 unspecified atom stereocenters. The van der Waals surface area contributed by atoms with E-state index >= 15 is 0 Å². The largest absolute Gasteiger partial charge is 0.398 e. The third kappa shape index (κ3) is 3.16. The highest BCUT2D eigenvalue weighted by molar-refractivity contribution is 9.10. The number of benzene rings is 1. The topological polar surface area (TPSA) is 66.6 Å². The van der Waals surface area contributed by atoms with Gasteiger partial charge in [-0.2, -0.15) is 4.31 Å². The predicted octanol–water partition coefficient (Wildman–Crippen LogP) is 1.75. The summed E-state index contributed by atoms with van der Waals surface area (Å²) in [6.45, 7) is 1.11. The Kier molecular flexibility index (Phi) is 4.73.